The molecule has 2 rings (SSSR count). The van der Waals surface area contributed by atoms with Crippen LogP contribution in [0.4, 0.5) is 5.82 Å². The first-order valence-corrected chi connectivity index (χ1v) is 6.45. The van der Waals surface area contributed by atoms with Gasteiger partial charge in [0, 0.05) is 31.7 Å². The van der Waals surface area contributed by atoms with E-state index in [4.69, 9.17) is 10.7 Å². The highest BCUT2D eigenvalue weighted by molar-refractivity contribution is 5.56. The SMILES string of the molecule is CC(N)Cc1c(N(C)C(C)C)nc2ccccn12. The van der Waals surface area contributed by atoms with Crippen molar-refractivity contribution in [2.75, 3.05) is 11.9 Å². The number of imidazole rings is 1. The topological polar surface area (TPSA) is 46.6 Å². The molecular formula is C14H22N4. The van der Waals surface area contributed by atoms with Gasteiger partial charge < -0.3 is 15.0 Å². The largest absolute Gasteiger partial charge is 0.356 e. The van der Waals surface area contributed by atoms with Crippen LogP contribution in [0.3, 0.4) is 0 Å². The van der Waals surface area contributed by atoms with Crippen LogP contribution >= 0.6 is 0 Å². The Bertz CT molecular complexity index is 528. The molecule has 2 aromatic rings. The number of hydrogen-bond donors (Lipinski definition) is 1. The molecule has 1 atom stereocenters. The zero-order valence-electron chi connectivity index (χ0n) is 11.6. The summed E-state index contributed by atoms with van der Waals surface area (Å²) in [6.45, 7) is 6.36. The van der Waals surface area contributed by atoms with Crippen molar-refractivity contribution in [3.05, 3.63) is 30.1 Å². The molecule has 98 valence electrons. The molecule has 0 radical (unpaired) electrons. The Kier molecular flexibility index (Phi) is 3.57. The van der Waals surface area contributed by atoms with Gasteiger partial charge in [-0.3, -0.25) is 0 Å². The van der Waals surface area contributed by atoms with Crippen LogP contribution in [0.15, 0.2) is 24.4 Å². The van der Waals surface area contributed by atoms with E-state index >= 15 is 0 Å². The number of hydrogen-bond acceptors (Lipinski definition) is 3. The predicted octanol–water partition coefficient (Wildman–Crippen LogP) is 2.07. The van der Waals surface area contributed by atoms with E-state index in [9.17, 15) is 0 Å². The lowest BCUT2D eigenvalue weighted by atomic mass is 10.2. The molecule has 0 spiro atoms. The summed E-state index contributed by atoms with van der Waals surface area (Å²) in [6.07, 6.45) is 2.88. The fourth-order valence-electron chi connectivity index (χ4n) is 2.06. The van der Waals surface area contributed by atoms with E-state index in [1.54, 1.807) is 0 Å². The number of pyridine rings is 1. The van der Waals surface area contributed by atoms with Crippen molar-refractivity contribution in [1.82, 2.24) is 9.38 Å². The molecule has 4 heteroatoms. The van der Waals surface area contributed by atoms with Crippen LogP contribution in [0, 0.1) is 0 Å². The first kappa shape index (κ1) is 12.9. The smallest absolute Gasteiger partial charge is 0.151 e. The lowest BCUT2D eigenvalue weighted by molar-refractivity contribution is 0.698. The minimum Gasteiger partial charge on any atom is -0.356 e. The van der Waals surface area contributed by atoms with Crippen molar-refractivity contribution >= 4 is 11.5 Å². The van der Waals surface area contributed by atoms with Crippen LogP contribution in [-0.4, -0.2) is 28.5 Å². The monoisotopic (exact) mass is 246 g/mol. The first-order valence-electron chi connectivity index (χ1n) is 6.45. The Labute approximate surface area is 108 Å². The van der Waals surface area contributed by atoms with E-state index in [-0.39, 0.29) is 6.04 Å². The lowest BCUT2D eigenvalue weighted by Gasteiger charge is -2.23. The molecule has 0 aliphatic carbocycles. The van der Waals surface area contributed by atoms with Gasteiger partial charge in [0.1, 0.15) is 5.65 Å². The predicted molar refractivity (Wildman–Crippen MR) is 76.1 cm³/mol. The van der Waals surface area contributed by atoms with Gasteiger partial charge >= 0.3 is 0 Å². The number of nitrogens with two attached hydrogens (primary N) is 1. The van der Waals surface area contributed by atoms with Crippen LogP contribution in [0.2, 0.25) is 0 Å². The normalized spacial score (nSPS) is 13.2. The van der Waals surface area contributed by atoms with E-state index in [2.05, 4.69) is 36.4 Å². The standard InChI is InChI=1S/C14H22N4/c1-10(2)17(4)14-12(9-11(3)15)18-8-6-5-7-13(18)16-14/h5-8,10-11H,9,15H2,1-4H3. The highest BCUT2D eigenvalue weighted by Crippen LogP contribution is 2.23. The minimum atomic E-state index is 0.129. The summed E-state index contributed by atoms with van der Waals surface area (Å²) in [4.78, 5) is 6.92. The second kappa shape index (κ2) is 4.98. The maximum absolute atomic E-state index is 5.96. The summed E-state index contributed by atoms with van der Waals surface area (Å²) in [7, 11) is 2.08. The molecule has 2 aromatic heterocycles. The van der Waals surface area contributed by atoms with Crippen LogP contribution in [0.25, 0.3) is 5.65 Å². The van der Waals surface area contributed by atoms with Crippen molar-refractivity contribution in [2.45, 2.75) is 39.3 Å². The molecule has 1 unspecified atom stereocenters. The second-order valence-corrected chi connectivity index (χ2v) is 5.20. The molecule has 0 fully saturated rings. The quantitative estimate of drug-likeness (QED) is 0.898. The molecule has 0 saturated carbocycles. The zero-order valence-corrected chi connectivity index (χ0v) is 11.6. The van der Waals surface area contributed by atoms with Crippen LogP contribution in [-0.2, 0) is 6.42 Å². The molecule has 0 aliphatic rings. The Hall–Kier alpha value is -1.55. The third kappa shape index (κ3) is 2.34. The van der Waals surface area contributed by atoms with Crippen LogP contribution < -0.4 is 10.6 Å². The fraction of sp³-hybridized carbons (Fsp3) is 0.500. The fourth-order valence-corrected chi connectivity index (χ4v) is 2.06. The molecule has 0 saturated heterocycles. The van der Waals surface area contributed by atoms with Crippen molar-refractivity contribution < 1.29 is 0 Å². The van der Waals surface area contributed by atoms with Gasteiger partial charge in [-0.05, 0) is 32.9 Å². The van der Waals surface area contributed by atoms with Gasteiger partial charge in [0.15, 0.2) is 5.82 Å². The molecule has 0 bridgehead atoms. The third-order valence-electron chi connectivity index (χ3n) is 3.23. The number of aromatic nitrogens is 2. The van der Waals surface area contributed by atoms with E-state index in [1.807, 2.05) is 25.1 Å². The van der Waals surface area contributed by atoms with E-state index in [1.165, 1.54) is 5.69 Å². The summed E-state index contributed by atoms with van der Waals surface area (Å²) in [6, 6.07) is 6.61. The van der Waals surface area contributed by atoms with Gasteiger partial charge in [-0.2, -0.15) is 0 Å². The average Bonchev–Trinajstić information content (AvgIpc) is 2.66. The van der Waals surface area contributed by atoms with Crippen LogP contribution in [0.5, 0.6) is 0 Å². The maximum Gasteiger partial charge on any atom is 0.151 e. The number of rotatable bonds is 4. The molecule has 4 nitrogen and oxygen atoms in total. The average molecular weight is 246 g/mol. The molecule has 2 N–H and O–H groups in total. The number of fused-ring (bicyclic) bond motifs is 1. The molecule has 2 heterocycles. The van der Waals surface area contributed by atoms with Crippen molar-refractivity contribution in [3.63, 3.8) is 0 Å². The summed E-state index contributed by atoms with van der Waals surface area (Å²) in [5.74, 6) is 1.04. The zero-order chi connectivity index (χ0) is 13.3. The summed E-state index contributed by atoms with van der Waals surface area (Å²) >= 11 is 0. The van der Waals surface area contributed by atoms with Crippen molar-refractivity contribution in [2.24, 2.45) is 5.73 Å². The van der Waals surface area contributed by atoms with Crippen LogP contribution in [0.1, 0.15) is 26.5 Å². The summed E-state index contributed by atoms with van der Waals surface area (Å²) < 4.78 is 2.14. The van der Waals surface area contributed by atoms with Gasteiger partial charge in [-0.15, -0.1) is 0 Å². The van der Waals surface area contributed by atoms with Crippen molar-refractivity contribution in [3.8, 4) is 0 Å². The summed E-state index contributed by atoms with van der Waals surface area (Å²) in [5.41, 5.74) is 8.13. The van der Waals surface area contributed by atoms with Gasteiger partial charge in [-0.1, -0.05) is 6.07 Å². The lowest BCUT2D eigenvalue weighted by Crippen LogP contribution is -2.28. The number of anilines is 1. The Morgan fingerprint density at radius 2 is 2.06 bits per heavy atom. The van der Waals surface area contributed by atoms with E-state index in [0.717, 1.165) is 17.9 Å². The van der Waals surface area contributed by atoms with Gasteiger partial charge in [0.25, 0.3) is 0 Å². The second-order valence-electron chi connectivity index (χ2n) is 5.20. The van der Waals surface area contributed by atoms with E-state index in [0.29, 0.717) is 6.04 Å². The highest BCUT2D eigenvalue weighted by atomic mass is 15.2. The first-order chi connectivity index (χ1) is 8.50. The van der Waals surface area contributed by atoms with Gasteiger partial charge in [-0.25, -0.2) is 4.98 Å². The Balaban J connectivity index is 2.56. The third-order valence-corrected chi connectivity index (χ3v) is 3.23. The molecular weight excluding hydrogens is 224 g/mol. The van der Waals surface area contributed by atoms with Gasteiger partial charge in [0.05, 0.1) is 5.69 Å². The molecule has 0 amide bonds. The molecule has 18 heavy (non-hydrogen) atoms. The highest BCUT2D eigenvalue weighted by Gasteiger charge is 2.18. The molecule has 0 aromatic carbocycles. The Morgan fingerprint density at radius 1 is 1.33 bits per heavy atom. The maximum atomic E-state index is 5.96. The Morgan fingerprint density at radius 3 is 2.67 bits per heavy atom. The van der Waals surface area contributed by atoms with E-state index < -0.39 is 0 Å². The minimum absolute atomic E-state index is 0.129. The summed E-state index contributed by atoms with van der Waals surface area (Å²) in [5, 5.41) is 0. The number of nitrogens with zero attached hydrogens (tertiary/aromatic N) is 3. The van der Waals surface area contributed by atoms with Crippen molar-refractivity contribution in [1.29, 1.82) is 0 Å². The molecule has 0 aliphatic heterocycles. The van der Waals surface area contributed by atoms with Gasteiger partial charge in [0.2, 0.25) is 0 Å².